The van der Waals surface area contributed by atoms with Crippen LogP contribution < -0.4 is 10.1 Å². The molecule has 24 heavy (non-hydrogen) atoms. The molecule has 0 unspecified atom stereocenters. The van der Waals surface area contributed by atoms with Crippen LogP contribution in [0.15, 0.2) is 24.3 Å². The lowest BCUT2D eigenvalue weighted by Crippen LogP contribution is -2.69. The van der Waals surface area contributed by atoms with Gasteiger partial charge in [0, 0.05) is 0 Å². The van der Waals surface area contributed by atoms with E-state index < -0.39 is 11.0 Å². The Morgan fingerprint density at radius 2 is 1.83 bits per heavy atom. The summed E-state index contributed by atoms with van der Waals surface area (Å²) in [4.78, 5) is 24.0. The fraction of sp³-hybridized carbons (Fsp3) is 0.579. The van der Waals surface area contributed by atoms with Gasteiger partial charge in [-0.25, -0.2) is 4.79 Å². The van der Waals surface area contributed by atoms with Crippen LogP contribution in [-0.4, -0.2) is 23.7 Å². The summed E-state index contributed by atoms with van der Waals surface area (Å²) >= 11 is 0. The first-order valence-corrected chi connectivity index (χ1v) is 8.53. The molecule has 1 saturated heterocycles. The Bertz CT molecular complexity index is 603. The van der Waals surface area contributed by atoms with Crippen LogP contribution in [-0.2, 0) is 9.53 Å². The zero-order chi connectivity index (χ0) is 18.0. The third-order valence-electron chi connectivity index (χ3n) is 4.29. The summed E-state index contributed by atoms with van der Waals surface area (Å²) < 4.78 is 11.3. The highest BCUT2D eigenvalue weighted by Gasteiger charge is 2.54. The van der Waals surface area contributed by atoms with Crippen molar-refractivity contribution in [2.75, 3.05) is 0 Å². The van der Waals surface area contributed by atoms with Gasteiger partial charge in [0.25, 0.3) is 0 Å². The third-order valence-corrected chi connectivity index (χ3v) is 4.29. The van der Waals surface area contributed by atoms with Crippen LogP contribution in [0.4, 0.5) is 0 Å². The molecule has 1 aromatic carbocycles. The second-order valence-corrected chi connectivity index (χ2v) is 7.26. The number of benzene rings is 1. The van der Waals surface area contributed by atoms with Crippen LogP contribution >= 0.6 is 0 Å². The van der Waals surface area contributed by atoms with Crippen LogP contribution in [0.2, 0.25) is 0 Å². The van der Waals surface area contributed by atoms with Crippen molar-refractivity contribution in [3.05, 3.63) is 29.8 Å². The molecule has 0 spiro atoms. The van der Waals surface area contributed by atoms with Crippen molar-refractivity contribution in [2.45, 2.75) is 65.7 Å². The highest BCUT2D eigenvalue weighted by atomic mass is 16.6. The van der Waals surface area contributed by atoms with Crippen LogP contribution in [0.1, 0.15) is 64.2 Å². The van der Waals surface area contributed by atoms with Crippen LogP contribution in [0.25, 0.3) is 0 Å². The molecule has 0 aliphatic carbocycles. The van der Waals surface area contributed by atoms with Crippen molar-refractivity contribution < 1.29 is 19.1 Å². The molecular formula is C19H27NO4. The topological polar surface area (TPSA) is 64.6 Å². The van der Waals surface area contributed by atoms with Crippen LogP contribution in [0.5, 0.6) is 5.75 Å². The van der Waals surface area contributed by atoms with Gasteiger partial charge in [0.15, 0.2) is 6.23 Å². The van der Waals surface area contributed by atoms with Crippen molar-refractivity contribution in [1.29, 1.82) is 0 Å². The highest BCUT2D eigenvalue weighted by Crippen LogP contribution is 2.40. The average Bonchev–Trinajstić information content (AvgIpc) is 2.51. The summed E-state index contributed by atoms with van der Waals surface area (Å²) in [7, 11) is 0. The summed E-state index contributed by atoms with van der Waals surface area (Å²) in [5, 5.41) is 2.83. The number of nitrogens with one attached hydrogen (secondary N) is 1. The van der Waals surface area contributed by atoms with Gasteiger partial charge in [-0.3, -0.25) is 4.79 Å². The number of ether oxygens (including phenoxy) is 2. The number of rotatable bonds is 6. The predicted octanol–water partition coefficient (Wildman–Crippen LogP) is 3.67. The zero-order valence-corrected chi connectivity index (χ0v) is 15.1. The van der Waals surface area contributed by atoms with Crippen molar-refractivity contribution in [1.82, 2.24) is 5.32 Å². The largest absolute Gasteiger partial charge is 0.470 e. The van der Waals surface area contributed by atoms with E-state index in [9.17, 15) is 9.59 Å². The van der Waals surface area contributed by atoms with Gasteiger partial charge < -0.3 is 14.8 Å². The first kappa shape index (κ1) is 18.3. The van der Waals surface area contributed by atoms with Gasteiger partial charge in [0.05, 0.1) is 5.56 Å². The van der Waals surface area contributed by atoms with E-state index >= 15 is 0 Å². The summed E-state index contributed by atoms with van der Waals surface area (Å²) in [6.45, 7) is 9.57. The Hall–Kier alpha value is -2.04. The van der Waals surface area contributed by atoms with Crippen molar-refractivity contribution in [3.63, 3.8) is 0 Å². The second-order valence-electron chi connectivity index (χ2n) is 7.26. The number of esters is 1. The lowest BCUT2D eigenvalue weighted by molar-refractivity contribution is -0.162. The van der Waals surface area contributed by atoms with E-state index in [1.807, 2.05) is 27.7 Å². The van der Waals surface area contributed by atoms with Gasteiger partial charge in [-0.1, -0.05) is 20.3 Å². The van der Waals surface area contributed by atoms with Gasteiger partial charge >= 0.3 is 5.97 Å². The molecule has 1 amide bonds. The van der Waals surface area contributed by atoms with E-state index in [4.69, 9.17) is 9.47 Å². The van der Waals surface area contributed by atoms with Gasteiger partial charge in [-0.15, -0.1) is 0 Å². The minimum atomic E-state index is -0.524. The smallest absolute Gasteiger partial charge is 0.338 e. The van der Waals surface area contributed by atoms with Crippen LogP contribution in [0, 0.1) is 5.41 Å². The number of hydrogen-bond acceptors (Lipinski definition) is 4. The van der Waals surface area contributed by atoms with E-state index in [-0.39, 0.29) is 18.1 Å². The molecule has 1 heterocycles. The number of carbonyl (C=O) groups excluding carboxylic acids is 2. The lowest BCUT2D eigenvalue weighted by Gasteiger charge is -2.47. The van der Waals surface area contributed by atoms with Crippen LogP contribution in [0.3, 0.4) is 0 Å². The molecule has 1 aliphatic rings. The molecule has 0 bridgehead atoms. The minimum Gasteiger partial charge on any atom is -0.470 e. The molecule has 132 valence electrons. The number of hydrogen-bond donors (Lipinski definition) is 1. The zero-order valence-electron chi connectivity index (χ0n) is 15.1. The monoisotopic (exact) mass is 333 g/mol. The minimum absolute atomic E-state index is 0.0576. The molecule has 0 aromatic heterocycles. The SMILES string of the molecule is CCC[C@@]1(CC)C(=O)N[C@H]1Oc1ccc(C(=O)OC(C)(C)C)cc1. The molecule has 1 aliphatic heterocycles. The molecule has 5 heteroatoms. The lowest BCUT2D eigenvalue weighted by atomic mass is 9.72. The molecule has 0 radical (unpaired) electrons. The van der Waals surface area contributed by atoms with Gasteiger partial charge in [0.1, 0.15) is 16.8 Å². The quantitative estimate of drug-likeness (QED) is 0.637. The standard InChI is InChI=1S/C19H27NO4/c1-6-12-19(7-2)16(22)20-17(19)23-14-10-8-13(9-11-14)15(21)24-18(3,4)5/h8-11,17H,6-7,12H2,1-5H3,(H,20,22)/t17-,19-/m0/s1. The van der Waals surface area contributed by atoms with Gasteiger partial charge in [0.2, 0.25) is 5.91 Å². The summed E-state index contributed by atoms with van der Waals surface area (Å²) in [6.07, 6.45) is 2.16. The maximum absolute atomic E-state index is 12.0. The maximum Gasteiger partial charge on any atom is 0.338 e. The predicted molar refractivity (Wildman–Crippen MR) is 91.8 cm³/mol. The molecule has 5 nitrogen and oxygen atoms in total. The Kier molecular flexibility index (Phi) is 5.21. The molecule has 0 saturated carbocycles. The molecule has 1 N–H and O–H groups in total. The second kappa shape index (κ2) is 6.83. The summed E-state index contributed by atoms with van der Waals surface area (Å²) in [5.74, 6) is 0.323. The molecular weight excluding hydrogens is 306 g/mol. The summed E-state index contributed by atoms with van der Waals surface area (Å²) in [6, 6.07) is 6.82. The Morgan fingerprint density at radius 1 is 1.21 bits per heavy atom. The maximum atomic E-state index is 12.0. The highest BCUT2D eigenvalue weighted by molar-refractivity contribution is 5.90. The molecule has 2 rings (SSSR count). The van der Waals surface area contributed by atoms with Gasteiger partial charge in [-0.2, -0.15) is 0 Å². The Balaban J connectivity index is 2.04. The molecule has 1 fully saturated rings. The number of β-lactam (4-membered cyclic amide) rings is 1. The fourth-order valence-electron chi connectivity index (χ4n) is 2.94. The first-order valence-electron chi connectivity index (χ1n) is 8.53. The van der Waals surface area contributed by atoms with E-state index in [0.717, 1.165) is 19.3 Å². The fourth-order valence-corrected chi connectivity index (χ4v) is 2.94. The molecule has 2 atom stereocenters. The van der Waals surface area contributed by atoms with Gasteiger partial charge in [-0.05, 0) is 57.9 Å². The van der Waals surface area contributed by atoms with E-state index in [0.29, 0.717) is 11.3 Å². The van der Waals surface area contributed by atoms with E-state index in [1.165, 1.54) is 0 Å². The first-order chi connectivity index (χ1) is 11.2. The Morgan fingerprint density at radius 3 is 2.29 bits per heavy atom. The number of carbonyl (C=O) groups is 2. The average molecular weight is 333 g/mol. The van der Waals surface area contributed by atoms with Crippen molar-refractivity contribution >= 4 is 11.9 Å². The third kappa shape index (κ3) is 3.71. The van der Waals surface area contributed by atoms with E-state index in [1.54, 1.807) is 24.3 Å². The Labute approximate surface area is 143 Å². The normalized spacial score (nSPS) is 23.2. The van der Waals surface area contributed by atoms with E-state index in [2.05, 4.69) is 12.2 Å². The number of amides is 1. The van der Waals surface area contributed by atoms with Crippen molar-refractivity contribution in [2.24, 2.45) is 5.41 Å². The summed E-state index contributed by atoms with van der Waals surface area (Å²) in [5.41, 5.74) is -0.493. The van der Waals surface area contributed by atoms with Crippen molar-refractivity contribution in [3.8, 4) is 5.75 Å². The molecule has 1 aromatic rings.